The van der Waals surface area contributed by atoms with Crippen LogP contribution in [0.4, 0.5) is 11.4 Å². The molecule has 20 heavy (non-hydrogen) atoms. The molecule has 0 aromatic heterocycles. The van der Waals surface area contributed by atoms with Crippen molar-refractivity contribution in [2.45, 2.75) is 18.2 Å². The molecule has 1 aromatic rings. The van der Waals surface area contributed by atoms with Gasteiger partial charge in [0.05, 0.1) is 16.3 Å². The Morgan fingerprint density at radius 3 is 2.60 bits per heavy atom. The van der Waals surface area contributed by atoms with Crippen LogP contribution in [-0.4, -0.2) is 46.6 Å². The highest BCUT2D eigenvalue weighted by Gasteiger charge is 2.17. The predicted octanol–water partition coefficient (Wildman–Crippen LogP) is 1.36. The number of rotatable bonds is 8. The summed E-state index contributed by atoms with van der Waals surface area (Å²) in [6.07, 6.45) is 0.866. The van der Waals surface area contributed by atoms with Gasteiger partial charge < -0.3 is 15.8 Å². The molecule has 0 saturated carbocycles. The molecule has 0 amide bonds. The summed E-state index contributed by atoms with van der Waals surface area (Å²) in [6, 6.07) is 4.71. The molecule has 0 aliphatic heterocycles. The number of benzene rings is 1. The molecule has 0 saturated heterocycles. The Morgan fingerprint density at radius 2 is 2.05 bits per heavy atom. The van der Waals surface area contributed by atoms with Crippen molar-refractivity contribution in [3.8, 4) is 0 Å². The molecule has 114 valence electrons. The molecule has 1 rings (SSSR count). The molecule has 0 unspecified atom stereocenters. The largest absolute Gasteiger partial charge is 0.397 e. The fourth-order valence-corrected chi connectivity index (χ4v) is 2.55. The van der Waals surface area contributed by atoms with Gasteiger partial charge in [-0.15, -0.1) is 0 Å². The monoisotopic (exact) mass is 301 g/mol. The molecule has 7 heteroatoms. The Hall–Kier alpha value is -1.31. The number of anilines is 2. The summed E-state index contributed by atoms with van der Waals surface area (Å²) in [5, 5.41) is 3.17. The third kappa shape index (κ3) is 4.36. The summed E-state index contributed by atoms with van der Waals surface area (Å²) >= 11 is 0. The second-order valence-electron chi connectivity index (χ2n) is 4.51. The highest BCUT2D eigenvalue weighted by Crippen LogP contribution is 2.23. The fraction of sp³-hybridized carbons (Fsp3) is 0.538. The molecule has 0 fully saturated rings. The fourth-order valence-electron chi connectivity index (χ4n) is 1.61. The van der Waals surface area contributed by atoms with Gasteiger partial charge in [-0.1, -0.05) is 0 Å². The standard InChI is InChI=1S/C13H23N3O3S/c1-4-19-9-5-8-15-13-7-6-11(10-12(13)14)20(17,18)16(2)3/h6-7,10,15H,4-5,8-9,14H2,1-3H3. The second-order valence-corrected chi connectivity index (χ2v) is 6.67. The zero-order valence-corrected chi connectivity index (χ0v) is 13.0. The summed E-state index contributed by atoms with van der Waals surface area (Å²) in [5.74, 6) is 0. The zero-order valence-electron chi connectivity index (χ0n) is 12.2. The van der Waals surface area contributed by atoms with Crippen molar-refractivity contribution in [3.05, 3.63) is 18.2 Å². The summed E-state index contributed by atoms with van der Waals surface area (Å²) in [7, 11) is -0.460. The van der Waals surface area contributed by atoms with E-state index in [1.54, 1.807) is 12.1 Å². The number of hydrogen-bond donors (Lipinski definition) is 2. The maximum absolute atomic E-state index is 12.0. The predicted molar refractivity (Wildman–Crippen MR) is 81.3 cm³/mol. The Labute approximate surface area is 121 Å². The van der Waals surface area contributed by atoms with Crippen LogP contribution < -0.4 is 11.1 Å². The maximum Gasteiger partial charge on any atom is 0.242 e. The van der Waals surface area contributed by atoms with Gasteiger partial charge >= 0.3 is 0 Å². The van der Waals surface area contributed by atoms with Gasteiger partial charge in [0, 0.05) is 33.9 Å². The summed E-state index contributed by atoms with van der Waals surface area (Å²) in [5.41, 5.74) is 7.04. The third-order valence-corrected chi connectivity index (χ3v) is 4.60. The minimum Gasteiger partial charge on any atom is -0.397 e. The van der Waals surface area contributed by atoms with Crippen molar-refractivity contribution >= 4 is 21.4 Å². The Kier molecular flexibility index (Phi) is 6.25. The molecule has 3 N–H and O–H groups in total. The minimum atomic E-state index is -3.44. The molecule has 6 nitrogen and oxygen atoms in total. The highest BCUT2D eigenvalue weighted by molar-refractivity contribution is 7.89. The number of ether oxygens (including phenoxy) is 1. The number of nitrogens with two attached hydrogens (primary N) is 1. The quantitative estimate of drug-likeness (QED) is 0.559. The summed E-state index contributed by atoms with van der Waals surface area (Å²) in [4.78, 5) is 0.194. The lowest BCUT2D eigenvalue weighted by Gasteiger charge is -2.14. The lowest BCUT2D eigenvalue weighted by atomic mass is 10.2. The van der Waals surface area contributed by atoms with E-state index in [1.807, 2.05) is 6.92 Å². The molecule has 0 aliphatic rings. The van der Waals surface area contributed by atoms with Gasteiger partial charge in [0.25, 0.3) is 0 Å². The minimum absolute atomic E-state index is 0.194. The van der Waals surface area contributed by atoms with Gasteiger partial charge in [0.1, 0.15) is 0 Å². The van der Waals surface area contributed by atoms with Crippen LogP contribution in [0.15, 0.2) is 23.1 Å². The molecule has 0 spiro atoms. The highest BCUT2D eigenvalue weighted by atomic mass is 32.2. The van der Waals surface area contributed by atoms with Crippen molar-refractivity contribution in [1.82, 2.24) is 4.31 Å². The molecular formula is C13H23N3O3S. The van der Waals surface area contributed by atoms with Crippen molar-refractivity contribution in [2.24, 2.45) is 0 Å². The Balaban J connectivity index is 2.69. The summed E-state index contributed by atoms with van der Waals surface area (Å²) in [6.45, 7) is 4.08. The maximum atomic E-state index is 12.0. The van der Waals surface area contributed by atoms with Crippen LogP contribution in [0.2, 0.25) is 0 Å². The third-order valence-electron chi connectivity index (χ3n) is 2.79. The second kappa shape index (κ2) is 7.47. The lowest BCUT2D eigenvalue weighted by molar-refractivity contribution is 0.147. The van der Waals surface area contributed by atoms with Crippen molar-refractivity contribution in [2.75, 3.05) is 44.9 Å². The van der Waals surface area contributed by atoms with Crippen LogP contribution in [0.1, 0.15) is 13.3 Å². The first-order chi connectivity index (χ1) is 9.39. The van der Waals surface area contributed by atoms with Crippen LogP contribution in [0.25, 0.3) is 0 Å². The lowest BCUT2D eigenvalue weighted by Crippen LogP contribution is -2.22. The van der Waals surface area contributed by atoms with E-state index in [9.17, 15) is 8.42 Å². The molecule has 0 bridgehead atoms. The molecule has 0 aliphatic carbocycles. The van der Waals surface area contributed by atoms with Crippen LogP contribution in [0.5, 0.6) is 0 Å². The topological polar surface area (TPSA) is 84.7 Å². The molecular weight excluding hydrogens is 278 g/mol. The first-order valence-corrected chi connectivity index (χ1v) is 7.97. The van der Waals surface area contributed by atoms with E-state index in [0.29, 0.717) is 18.9 Å². The molecule has 0 radical (unpaired) electrons. The molecule has 0 atom stereocenters. The zero-order chi connectivity index (χ0) is 15.2. The van der Waals surface area contributed by atoms with Crippen molar-refractivity contribution in [1.29, 1.82) is 0 Å². The van der Waals surface area contributed by atoms with E-state index < -0.39 is 10.0 Å². The first kappa shape index (κ1) is 16.7. The Bertz CT molecular complexity index is 530. The van der Waals surface area contributed by atoms with Gasteiger partial charge in [-0.05, 0) is 31.5 Å². The van der Waals surface area contributed by atoms with Gasteiger partial charge in [-0.2, -0.15) is 0 Å². The van der Waals surface area contributed by atoms with Crippen LogP contribution in [-0.2, 0) is 14.8 Å². The summed E-state index contributed by atoms with van der Waals surface area (Å²) < 4.78 is 30.3. The SMILES string of the molecule is CCOCCCNc1ccc(S(=O)(=O)N(C)C)cc1N. The van der Waals surface area contributed by atoms with E-state index in [0.717, 1.165) is 23.0 Å². The van der Waals surface area contributed by atoms with Gasteiger partial charge in [0.15, 0.2) is 0 Å². The number of nitrogen functional groups attached to an aromatic ring is 1. The van der Waals surface area contributed by atoms with Crippen molar-refractivity contribution < 1.29 is 13.2 Å². The van der Waals surface area contributed by atoms with Crippen LogP contribution >= 0.6 is 0 Å². The first-order valence-electron chi connectivity index (χ1n) is 6.53. The number of hydrogen-bond acceptors (Lipinski definition) is 5. The molecule has 0 heterocycles. The molecule has 1 aromatic carbocycles. The average Bonchev–Trinajstić information content (AvgIpc) is 2.39. The number of nitrogens with one attached hydrogen (secondary N) is 1. The van der Waals surface area contributed by atoms with Crippen molar-refractivity contribution in [3.63, 3.8) is 0 Å². The number of sulfonamides is 1. The Morgan fingerprint density at radius 1 is 1.35 bits per heavy atom. The number of nitrogens with zero attached hydrogens (tertiary/aromatic N) is 1. The van der Waals surface area contributed by atoms with E-state index in [1.165, 1.54) is 20.2 Å². The van der Waals surface area contributed by atoms with Gasteiger partial charge in [0.2, 0.25) is 10.0 Å². The normalized spacial score (nSPS) is 11.8. The van der Waals surface area contributed by atoms with E-state index in [4.69, 9.17) is 10.5 Å². The smallest absolute Gasteiger partial charge is 0.242 e. The van der Waals surface area contributed by atoms with Gasteiger partial charge in [-0.25, -0.2) is 12.7 Å². The van der Waals surface area contributed by atoms with E-state index in [2.05, 4.69) is 5.32 Å². The average molecular weight is 301 g/mol. The van der Waals surface area contributed by atoms with Crippen LogP contribution in [0.3, 0.4) is 0 Å². The van der Waals surface area contributed by atoms with Gasteiger partial charge in [-0.3, -0.25) is 0 Å². The van der Waals surface area contributed by atoms with Crippen LogP contribution in [0, 0.1) is 0 Å². The van der Waals surface area contributed by atoms with E-state index >= 15 is 0 Å². The van der Waals surface area contributed by atoms with E-state index in [-0.39, 0.29) is 4.90 Å².